The first-order valence-electron chi connectivity index (χ1n) is 13.2. The molecule has 1 aliphatic rings. The van der Waals surface area contributed by atoms with Gasteiger partial charge in [-0.25, -0.2) is 0 Å². The van der Waals surface area contributed by atoms with E-state index in [1.807, 2.05) is 0 Å². The van der Waals surface area contributed by atoms with Gasteiger partial charge in [0.25, 0.3) is 0 Å². The SMILES string of the molecule is c1ccc(C2(c3ccccc3)c3ccccc3-c3c2ccc2ccn(-c4ccc5ccccc5c4)c32)cc1. The van der Waals surface area contributed by atoms with Gasteiger partial charge in [-0.15, -0.1) is 0 Å². The Morgan fingerprint density at radius 1 is 0.447 bits per heavy atom. The van der Waals surface area contributed by atoms with Gasteiger partial charge in [-0.3, -0.25) is 0 Å². The molecule has 7 aromatic rings. The van der Waals surface area contributed by atoms with E-state index in [0.717, 1.165) is 0 Å². The number of rotatable bonds is 3. The van der Waals surface area contributed by atoms with Crippen molar-refractivity contribution in [1.82, 2.24) is 4.57 Å². The summed E-state index contributed by atoms with van der Waals surface area (Å²) in [5.74, 6) is 0. The molecule has 1 aromatic heterocycles. The van der Waals surface area contributed by atoms with Crippen molar-refractivity contribution < 1.29 is 0 Å². The maximum absolute atomic E-state index is 2.38. The molecule has 1 heteroatoms. The molecule has 1 aliphatic carbocycles. The fourth-order valence-corrected chi connectivity index (χ4v) is 6.70. The Bertz CT molecular complexity index is 1920. The molecule has 0 aliphatic heterocycles. The molecule has 0 bridgehead atoms. The molecule has 0 fully saturated rings. The van der Waals surface area contributed by atoms with Crippen LogP contribution in [0.15, 0.2) is 152 Å². The van der Waals surface area contributed by atoms with E-state index in [1.54, 1.807) is 0 Å². The van der Waals surface area contributed by atoms with Crippen LogP contribution < -0.4 is 0 Å². The largest absolute Gasteiger partial charge is 0.316 e. The molecule has 0 saturated carbocycles. The van der Waals surface area contributed by atoms with Crippen LogP contribution in [0.3, 0.4) is 0 Å². The molecule has 178 valence electrons. The second-order valence-electron chi connectivity index (χ2n) is 10.2. The molecule has 0 N–H and O–H groups in total. The van der Waals surface area contributed by atoms with Crippen LogP contribution in [0.5, 0.6) is 0 Å². The third kappa shape index (κ3) is 2.82. The van der Waals surface area contributed by atoms with Crippen molar-refractivity contribution in [2.45, 2.75) is 5.41 Å². The molecule has 0 atom stereocenters. The molecule has 0 amide bonds. The summed E-state index contributed by atoms with van der Waals surface area (Å²) >= 11 is 0. The Kier molecular flexibility index (Phi) is 4.50. The number of fused-ring (bicyclic) bond motifs is 6. The first kappa shape index (κ1) is 21.2. The van der Waals surface area contributed by atoms with Gasteiger partial charge in [-0.1, -0.05) is 127 Å². The summed E-state index contributed by atoms with van der Waals surface area (Å²) in [5.41, 5.74) is 9.95. The summed E-state index contributed by atoms with van der Waals surface area (Å²) in [6, 6.07) is 53.3. The van der Waals surface area contributed by atoms with Gasteiger partial charge < -0.3 is 4.57 Å². The van der Waals surface area contributed by atoms with Crippen LogP contribution in [0, 0.1) is 0 Å². The maximum atomic E-state index is 2.38. The van der Waals surface area contributed by atoms with E-state index in [-0.39, 0.29) is 5.41 Å². The van der Waals surface area contributed by atoms with E-state index in [4.69, 9.17) is 0 Å². The summed E-state index contributed by atoms with van der Waals surface area (Å²) in [6.07, 6.45) is 2.22. The summed E-state index contributed by atoms with van der Waals surface area (Å²) in [6.45, 7) is 0. The monoisotopic (exact) mass is 483 g/mol. The number of aromatic nitrogens is 1. The number of hydrogen-bond acceptors (Lipinski definition) is 0. The quantitative estimate of drug-likeness (QED) is 0.236. The molecule has 1 heterocycles. The summed E-state index contributed by atoms with van der Waals surface area (Å²) in [4.78, 5) is 0. The predicted octanol–water partition coefficient (Wildman–Crippen LogP) is 9.15. The normalized spacial score (nSPS) is 13.5. The van der Waals surface area contributed by atoms with Crippen molar-refractivity contribution in [1.29, 1.82) is 0 Å². The fraction of sp³-hybridized carbons (Fsp3) is 0.0270. The highest BCUT2D eigenvalue weighted by Gasteiger charge is 2.46. The van der Waals surface area contributed by atoms with Gasteiger partial charge in [0.15, 0.2) is 0 Å². The minimum atomic E-state index is -0.388. The smallest absolute Gasteiger partial charge is 0.0714 e. The van der Waals surface area contributed by atoms with Crippen molar-refractivity contribution in [3.05, 3.63) is 174 Å². The Hall–Kier alpha value is -4.88. The van der Waals surface area contributed by atoms with Crippen LogP contribution in [-0.4, -0.2) is 4.57 Å². The molecule has 6 aromatic carbocycles. The molecule has 0 saturated heterocycles. The second-order valence-corrected chi connectivity index (χ2v) is 10.2. The van der Waals surface area contributed by atoms with Crippen molar-refractivity contribution in [2.75, 3.05) is 0 Å². The predicted molar refractivity (Wildman–Crippen MR) is 158 cm³/mol. The van der Waals surface area contributed by atoms with E-state index >= 15 is 0 Å². The zero-order chi connectivity index (χ0) is 25.1. The fourth-order valence-electron chi connectivity index (χ4n) is 6.70. The maximum Gasteiger partial charge on any atom is 0.0714 e. The van der Waals surface area contributed by atoms with E-state index in [2.05, 4.69) is 156 Å². The van der Waals surface area contributed by atoms with Crippen LogP contribution in [0.4, 0.5) is 0 Å². The zero-order valence-electron chi connectivity index (χ0n) is 20.9. The number of benzene rings is 6. The van der Waals surface area contributed by atoms with E-state index in [0.29, 0.717) is 0 Å². The second kappa shape index (κ2) is 8.06. The Morgan fingerprint density at radius 3 is 1.84 bits per heavy atom. The number of nitrogens with zero attached hydrogens (tertiary/aromatic N) is 1. The lowest BCUT2D eigenvalue weighted by Crippen LogP contribution is -2.28. The van der Waals surface area contributed by atoms with Crippen molar-refractivity contribution >= 4 is 21.7 Å². The molecule has 0 unspecified atom stereocenters. The van der Waals surface area contributed by atoms with Crippen LogP contribution in [0.1, 0.15) is 22.3 Å². The van der Waals surface area contributed by atoms with Gasteiger partial charge in [-0.2, -0.15) is 0 Å². The lowest BCUT2D eigenvalue weighted by molar-refractivity contribution is 0.769. The average molecular weight is 484 g/mol. The molecule has 0 radical (unpaired) electrons. The van der Waals surface area contributed by atoms with Crippen LogP contribution >= 0.6 is 0 Å². The Balaban J connectivity index is 1.51. The summed E-state index contributed by atoms with van der Waals surface area (Å²) in [5, 5.41) is 3.77. The Labute approximate surface area is 222 Å². The highest BCUT2D eigenvalue weighted by atomic mass is 15.0. The van der Waals surface area contributed by atoms with Gasteiger partial charge in [0, 0.05) is 22.8 Å². The minimum Gasteiger partial charge on any atom is -0.316 e. The van der Waals surface area contributed by atoms with Crippen molar-refractivity contribution in [3.8, 4) is 16.8 Å². The standard InChI is InChI=1S/C37H25N/c1-3-13-29(14-4-1)37(30-15-5-2-6-16-30)33-18-10-9-17-32(33)35-34(37)22-20-27-23-24-38(36(27)35)31-21-19-26-11-7-8-12-28(26)25-31/h1-25H. The highest BCUT2D eigenvalue weighted by Crippen LogP contribution is 2.57. The third-order valence-corrected chi connectivity index (χ3v) is 8.28. The molecule has 8 rings (SSSR count). The number of hydrogen-bond donors (Lipinski definition) is 0. The van der Waals surface area contributed by atoms with Gasteiger partial charge in [0.1, 0.15) is 0 Å². The zero-order valence-corrected chi connectivity index (χ0v) is 20.9. The van der Waals surface area contributed by atoms with E-state index in [9.17, 15) is 0 Å². The topological polar surface area (TPSA) is 4.93 Å². The Morgan fingerprint density at radius 2 is 1.08 bits per heavy atom. The third-order valence-electron chi connectivity index (χ3n) is 8.28. The first-order chi connectivity index (χ1) is 18.9. The highest BCUT2D eigenvalue weighted by molar-refractivity contribution is 6.03. The van der Waals surface area contributed by atoms with E-state index < -0.39 is 0 Å². The molecular formula is C37H25N. The lowest BCUT2D eigenvalue weighted by Gasteiger charge is -2.33. The molecule has 0 spiro atoms. The van der Waals surface area contributed by atoms with E-state index in [1.165, 1.54) is 60.7 Å². The minimum absolute atomic E-state index is 0.388. The molecule has 1 nitrogen and oxygen atoms in total. The van der Waals surface area contributed by atoms with Crippen molar-refractivity contribution in [2.24, 2.45) is 0 Å². The van der Waals surface area contributed by atoms with Gasteiger partial charge in [-0.05, 0) is 56.8 Å². The van der Waals surface area contributed by atoms with Gasteiger partial charge >= 0.3 is 0 Å². The first-order valence-corrected chi connectivity index (χ1v) is 13.2. The average Bonchev–Trinajstić information content (AvgIpc) is 3.55. The van der Waals surface area contributed by atoms with Gasteiger partial charge in [0.05, 0.1) is 10.9 Å². The summed E-state index contributed by atoms with van der Waals surface area (Å²) in [7, 11) is 0. The molecular weight excluding hydrogens is 458 g/mol. The van der Waals surface area contributed by atoms with Crippen LogP contribution in [0.25, 0.3) is 38.5 Å². The molecule has 38 heavy (non-hydrogen) atoms. The van der Waals surface area contributed by atoms with Gasteiger partial charge in [0.2, 0.25) is 0 Å². The van der Waals surface area contributed by atoms with Crippen LogP contribution in [0.2, 0.25) is 0 Å². The summed E-state index contributed by atoms with van der Waals surface area (Å²) < 4.78 is 2.38. The van der Waals surface area contributed by atoms with Crippen molar-refractivity contribution in [3.63, 3.8) is 0 Å². The lowest BCUT2D eigenvalue weighted by atomic mass is 9.67. The van der Waals surface area contributed by atoms with Crippen LogP contribution in [-0.2, 0) is 5.41 Å².